The minimum Gasteiger partial charge on any atom is -0.456 e. The van der Waals surface area contributed by atoms with Gasteiger partial charge in [-0.1, -0.05) is 123 Å². The quantitative estimate of drug-likeness (QED) is 0.213. The predicted octanol–water partition coefficient (Wildman–Crippen LogP) is 11.4. The third-order valence-corrected chi connectivity index (χ3v) is 9.47. The molecule has 1 aliphatic heterocycles. The third kappa shape index (κ3) is 3.19. The molecule has 7 aromatic carbocycles. The van der Waals surface area contributed by atoms with Gasteiger partial charge in [-0.05, 0) is 90.5 Å². The topological polar surface area (TPSA) is 9.23 Å². The number of ether oxygens (including phenoxy) is 1. The van der Waals surface area contributed by atoms with Crippen molar-refractivity contribution in [3.05, 3.63) is 145 Å². The second-order valence-electron chi connectivity index (χ2n) is 12.1. The summed E-state index contributed by atoms with van der Waals surface area (Å²) < 4.78 is 6.38. The summed E-state index contributed by atoms with van der Waals surface area (Å²) in [5.74, 6) is 1.85. The van der Waals surface area contributed by atoms with Gasteiger partial charge in [0.1, 0.15) is 11.5 Å². The zero-order valence-electron chi connectivity index (χ0n) is 23.6. The van der Waals surface area contributed by atoms with Crippen LogP contribution >= 0.6 is 0 Å². The molecule has 0 bridgehead atoms. The molecule has 9 rings (SSSR count). The lowest BCUT2D eigenvalue weighted by molar-refractivity contribution is 0.487. The van der Waals surface area contributed by atoms with Gasteiger partial charge in [-0.2, -0.15) is 0 Å². The number of rotatable bonds is 2. The van der Waals surface area contributed by atoms with E-state index in [1.54, 1.807) is 0 Å². The molecular weight excluding hydrogens is 508 g/mol. The van der Waals surface area contributed by atoms with E-state index in [0.29, 0.717) is 0 Å². The van der Waals surface area contributed by atoms with Crippen LogP contribution in [0.5, 0.6) is 11.5 Å². The van der Waals surface area contributed by atoms with Gasteiger partial charge in [-0.15, -0.1) is 0 Å². The summed E-state index contributed by atoms with van der Waals surface area (Å²) in [6, 6.07) is 48.7. The van der Waals surface area contributed by atoms with Crippen molar-refractivity contribution in [2.45, 2.75) is 19.3 Å². The monoisotopic (exact) mass is 536 g/mol. The summed E-state index contributed by atoms with van der Waals surface area (Å²) in [6.07, 6.45) is 0. The molecule has 1 aliphatic carbocycles. The van der Waals surface area contributed by atoms with Gasteiger partial charge < -0.3 is 4.74 Å². The van der Waals surface area contributed by atoms with E-state index in [2.05, 4.69) is 147 Å². The molecule has 0 aromatic heterocycles. The van der Waals surface area contributed by atoms with Crippen LogP contribution < -0.4 is 4.74 Å². The summed E-state index contributed by atoms with van der Waals surface area (Å²) >= 11 is 0. The van der Waals surface area contributed by atoms with Crippen molar-refractivity contribution in [1.29, 1.82) is 0 Å². The molecule has 0 saturated carbocycles. The number of benzene rings is 7. The average Bonchev–Trinajstić information content (AvgIpc) is 3.27. The van der Waals surface area contributed by atoms with Gasteiger partial charge in [-0.25, -0.2) is 0 Å². The molecule has 1 heteroatoms. The molecule has 0 unspecified atom stereocenters. The van der Waals surface area contributed by atoms with Gasteiger partial charge in [0.2, 0.25) is 0 Å². The molecule has 42 heavy (non-hydrogen) atoms. The zero-order valence-corrected chi connectivity index (χ0v) is 23.6. The smallest absolute Gasteiger partial charge is 0.135 e. The second kappa shape index (κ2) is 8.44. The van der Waals surface area contributed by atoms with Crippen LogP contribution in [0.1, 0.15) is 25.0 Å². The van der Waals surface area contributed by atoms with E-state index in [0.717, 1.165) is 17.1 Å². The Kier molecular flexibility index (Phi) is 4.73. The van der Waals surface area contributed by atoms with Gasteiger partial charge in [0.15, 0.2) is 0 Å². The Bertz CT molecular complexity index is 2230. The highest BCUT2D eigenvalue weighted by Gasteiger charge is 2.36. The highest BCUT2D eigenvalue weighted by atomic mass is 16.5. The number of fused-ring (bicyclic) bond motifs is 7. The normalized spacial score (nSPS) is 13.9. The molecule has 0 spiro atoms. The fourth-order valence-corrected chi connectivity index (χ4v) is 7.40. The second-order valence-corrected chi connectivity index (χ2v) is 12.1. The Balaban J connectivity index is 1.24. The standard InChI is InChI=1S/C41H28O/c1-41(2)35-20-17-27(28-18-22-37-33(23-28)32-14-6-11-26-12-7-16-38(42-37)39(26)32)24-34(35)40-31-15-8-13-29(25-9-4-3-5-10-25)30(31)19-21-36(40)41/h3-24H,1-2H3. The van der Waals surface area contributed by atoms with Crippen LogP contribution in [0.15, 0.2) is 133 Å². The molecule has 0 amide bonds. The Morgan fingerprint density at radius 1 is 0.452 bits per heavy atom. The van der Waals surface area contributed by atoms with Crippen molar-refractivity contribution >= 4 is 21.5 Å². The highest BCUT2D eigenvalue weighted by Crippen LogP contribution is 2.53. The summed E-state index contributed by atoms with van der Waals surface area (Å²) in [6.45, 7) is 4.72. The predicted molar refractivity (Wildman–Crippen MR) is 175 cm³/mol. The van der Waals surface area contributed by atoms with Gasteiger partial charge >= 0.3 is 0 Å². The maximum atomic E-state index is 6.38. The lowest BCUT2D eigenvalue weighted by atomic mass is 9.81. The van der Waals surface area contributed by atoms with E-state index in [-0.39, 0.29) is 5.41 Å². The Labute approximate surface area is 245 Å². The SMILES string of the molecule is CC1(C)c2ccc(-c3ccc4c(c3)-c3cccc5cccc(c35)O4)cc2-c2c1ccc1c(-c3ccccc3)cccc21. The van der Waals surface area contributed by atoms with Crippen LogP contribution in [0.4, 0.5) is 0 Å². The van der Waals surface area contributed by atoms with Crippen LogP contribution in [0.3, 0.4) is 0 Å². The average molecular weight is 537 g/mol. The van der Waals surface area contributed by atoms with Crippen molar-refractivity contribution in [3.8, 4) is 56.0 Å². The molecule has 0 N–H and O–H groups in total. The molecule has 0 saturated heterocycles. The fraction of sp³-hybridized carbons (Fsp3) is 0.0732. The van der Waals surface area contributed by atoms with E-state index in [1.165, 1.54) is 71.6 Å². The van der Waals surface area contributed by atoms with Gasteiger partial charge in [0, 0.05) is 16.4 Å². The minimum absolute atomic E-state index is 0.0663. The molecule has 7 aromatic rings. The molecule has 0 radical (unpaired) electrons. The van der Waals surface area contributed by atoms with Crippen molar-refractivity contribution in [3.63, 3.8) is 0 Å². The van der Waals surface area contributed by atoms with E-state index >= 15 is 0 Å². The molecular formula is C41H28O. The van der Waals surface area contributed by atoms with Gasteiger partial charge in [0.25, 0.3) is 0 Å². The van der Waals surface area contributed by atoms with E-state index in [4.69, 9.17) is 4.74 Å². The maximum Gasteiger partial charge on any atom is 0.135 e. The summed E-state index contributed by atoms with van der Waals surface area (Å²) in [7, 11) is 0. The van der Waals surface area contributed by atoms with Crippen molar-refractivity contribution in [1.82, 2.24) is 0 Å². The number of hydrogen-bond acceptors (Lipinski definition) is 1. The lowest BCUT2D eigenvalue weighted by Gasteiger charge is -2.22. The van der Waals surface area contributed by atoms with E-state index < -0.39 is 0 Å². The van der Waals surface area contributed by atoms with Crippen LogP contribution in [-0.2, 0) is 5.41 Å². The highest BCUT2D eigenvalue weighted by molar-refractivity contribution is 6.09. The molecule has 198 valence electrons. The largest absolute Gasteiger partial charge is 0.456 e. The summed E-state index contributed by atoms with van der Waals surface area (Å²) in [5, 5.41) is 5.02. The maximum absolute atomic E-state index is 6.38. The van der Waals surface area contributed by atoms with E-state index in [9.17, 15) is 0 Å². The zero-order chi connectivity index (χ0) is 28.0. The van der Waals surface area contributed by atoms with Crippen LogP contribution in [0.25, 0.3) is 66.1 Å². The Morgan fingerprint density at radius 3 is 2.02 bits per heavy atom. The third-order valence-electron chi connectivity index (χ3n) is 9.47. The van der Waals surface area contributed by atoms with Gasteiger partial charge in [-0.3, -0.25) is 0 Å². The first-order valence-corrected chi connectivity index (χ1v) is 14.7. The summed E-state index contributed by atoms with van der Waals surface area (Å²) in [5.41, 5.74) is 12.8. The van der Waals surface area contributed by atoms with Crippen molar-refractivity contribution in [2.24, 2.45) is 0 Å². The first-order valence-electron chi connectivity index (χ1n) is 14.7. The first kappa shape index (κ1) is 23.6. The van der Waals surface area contributed by atoms with Crippen molar-refractivity contribution in [2.75, 3.05) is 0 Å². The fourth-order valence-electron chi connectivity index (χ4n) is 7.40. The van der Waals surface area contributed by atoms with Gasteiger partial charge in [0.05, 0.1) is 0 Å². The lowest BCUT2D eigenvalue weighted by Crippen LogP contribution is -2.14. The van der Waals surface area contributed by atoms with Crippen molar-refractivity contribution < 1.29 is 4.74 Å². The van der Waals surface area contributed by atoms with Crippen LogP contribution in [0.2, 0.25) is 0 Å². The minimum atomic E-state index is -0.0663. The Morgan fingerprint density at radius 2 is 1.17 bits per heavy atom. The van der Waals surface area contributed by atoms with E-state index in [1.807, 2.05) is 0 Å². The molecule has 1 heterocycles. The summed E-state index contributed by atoms with van der Waals surface area (Å²) in [4.78, 5) is 0. The molecule has 0 fully saturated rings. The molecule has 1 nitrogen and oxygen atoms in total. The number of hydrogen-bond donors (Lipinski definition) is 0. The molecule has 0 atom stereocenters. The van der Waals surface area contributed by atoms with Crippen LogP contribution in [0, 0.1) is 0 Å². The van der Waals surface area contributed by atoms with Crippen LogP contribution in [-0.4, -0.2) is 0 Å². The Hall–Kier alpha value is -5.14. The first-order chi connectivity index (χ1) is 20.6. The molecule has 2 aliphatic rings.